The summed E-state index contributed by atoms with van der Waals surface area (Å²) in [5.41, 5.74) is 5.81. The number of ether oxygens (including phenoxy) is 1. The molecule has 3 aromatic rings. The van der Waals surface area contributed by atoms with Gasteiger partial charge in [0.1, 0.15) is 5.56 Å². The van der Waals surface area contributed by atoms with Gasteiger partial charge >= 0.3 is 5.69 Å². The van der Waals surface area contributed by atoms with Crippen LogP contribution in [0.1, 0.15) is 0 Å². The number of thioether (sulfide) groups is 1. The minimum atomic E-state index is -0.539. The van der Waals surface area contributed by atoms with E-state index < -0.39 is 4.92 Å². The second-order valence-corrected chi connectivity index (χ2v) is 5.10. The molecular weight excluding hydrogens is 322 g/mol. The largest absolute Gasteiger partial charge is 0.490 e. The third-order valence-electron chi connectivity index (χ3n) is 3.04. The quantitative estimate of drug-likeness (QED) is 0.427. The van der Waals surface area contributed by atoms with Crippen LogP contribution in [0.15, 0.2) is 23.4 Å². The maximum atomic E-state index is 11.4. The summed E-state index contributed by atoms with van der Waals surface area (Å²) in [6, 6.07) is 4.65. The summed E-state index contributed by atoms with van der Waals surface area (Å²) in [6.45, 7) is 0. The number of hydrogen-bond donors (Lipinski definition) is 1. The molecule has 0 fully saturated rings. The molecule has 0 aliphatic heterocycles. The predicted octanol–water partition coefficient (Wildman–Crippen LogP) is 1.41. The molecule has 0 spiro atoms. The SMILES string of the molecule is COc1cccc(-c2nc3nc(SC)nc(N)n3n2)c1[N+](=O)[O-]. The monoisotopic (exact) mass is 333 g/mol. The van der Waals surface area contributed by atoms with E-state index in [1.54, 1.807) is 12.3 Å². The molecule has 3 rings (SSSR count). The molecule has 1 aromatic carbocycles. The fourth-order valence-corrected chi connectivity index (χ4v) is 2.40. The van der Waals surface area contributed by atoms with Gasteiger partial charge in [-0.1, -0.05) is 17.8 Å². The van der Waals surface area contributed by atoms with Crippen molar-refractivity contribution in [3.63, 3.8) is 0 Å². The van der Waals surface area contributed by atoms with E-state index >= 15 is 0 Å². The first kappa shape index (κ1) is 15.0. The minimum Gasteiger partial charge on any atom is -0.490 e. The Balaban J connectivity index is 2.25. The predicted molar refractivity (Wildman–Crippen MR) is 83.4 cm³/mol. The van der Waals surface area contributed by atoms with E-state index in [1.807, 2.05) is 0 Å². The minimum absolute atomic E-state index is 0.101. The zero-order chi connectivity index (χ0) is 16.6. The number of nitrogens with zero attached hydrogens (tertiary/aromatic N) is 6. The van der Waals surface area contributed by atoms with Crippen LogP contribution in [0.5, 0.6) is 5.75 Å². The molecule has 2 heterocycles. The molecule has 0 aliphatic carbocycles. The van der Waals surface area contributed by atoms with Crippen LogP contribution in [-0.2, 0) is 0 Å². The molecule has 0 radical (unpaired) electrons. The van der Waals surface area contributed by atoms with Crippen LogP contribution < -0.4 is 10.5 Å². The maximum absolute atomic E-state index is 11.4. The van der Waals surface area contributed by atoms with Gasteiger partial charge < -0.3 is 10.5 Å². The van der Waals surface area contributed by atoms with Crippen LogP contribution in [0.3, 0.4) is 0 Å². The molecule has 0 aliphatic rings. The number of nitro groups is 1. The molecule has 118 valence electrons. The number of nitrogens with two attached hydrogens (primary N) is 1. The Bertz CT molecular complexity index is 911. The topological polar surface area (TPSA) is 134 Å². The van der Waals surface area contributed by atoms with Crippen LogP contribution in [0.4, 0.5) is 11.6 Å². The number of anilines is 1. The smallest absolute Gasteiger partial charge is 0.321 e. The number of nitrogen functional groups attached to an aromatic ring is 1. The number of benzene rings is 1. The molecule has 11 heteroatoms. The lowest BCUT2D eigenvalue weighted by atomic mass is 10.1. The number of nitro benzene ring substituents is 1. The first-order valence-corrected chi connectivity index (χ1v) is 7.53. The summed E-state index contributed by atoms with van der Waals surface area (Å²) >= 11 is 1.31. The number of fused-ring (bicyclic) bond motifs is 1. The zero-order valence-corrected chi connectivity index (χ0v) is 12.9. The van der Waals surface area contributed by atoms with Gasteiger partial charge in [-0.05, 0) is 18.4 Å². The molecule has 23 heavy (non-hydrogen) atoms. The van der Waals surface area contributed by atoms with Crippen molar-refractivity contribution in [1.29, 1.82) is 0 Å². The first-order valence-electron chi connectivity index (χ1n) is 6.31. The second-order valence-electron chi connectivity index (χ2n) is 4.33. The van der Waals surface area contributed by atoms with E-state index in [0.29, 0.717) is 5.16 Å². The van der Waals surface area contributed by atoms with Crippen molar-refractivity contribution in [2.75, 3.05) is 19.1 Å². The summed E-state index contributed by atoms with van der Waals surface area (Å²) in [7, 11) is 1.36. The number of methoxy groups -OCH3 is 1. The summed E-state index contributed by atoms with van der Waals surface area (Å²) in [5, 5.41) is 16.0. The van der Waals surface area contributed by atoms with Gasteiger partial charge in [-0.3, -0.25) is 10.1 Å². The van der Waals surface area contributed by atoms with E-state index in [9.17, 15) is 10.1 Å². The van der Waals surface area contributed by atoms with Crippen molar-refractivity contribution in [3.8, 4) is 17.1 Å². The summed E-state index contributed by atoms with van der Waals surface area (Å²) in [6.07, 6.45) is 1.80. The van der Waals surface area contributed by atoms with E-state index in [0.717, 1.165) is 0 Å². The average Bonchev–Trinajstić information content (AvgIpc) is 2.98. The van der Waals surface area contributed by atoms with Gasteiger partial charge in [-0.2, -0.15) is 19.5 Å². The number of hydrogen-bond acceptors (Lipinski definition) is 9. The van der Waals surface area contributed by atoms with Crippen LogP contribution >= 0.6 is 11.8 Å². The van der Waals surface area contributed by atoms with Crippen molar-refractivity contribution in [1.82, 2.24) is 24.6 Å². The van der Waals surface area contributed by atoms with Crippen molar-refractivity contribution in [2.45, 2.75) is 5.16 Å². The Morgan fingerprint density at radius 2 is 2.13 bits per heavy atom. The van der Waals surface area contributed by atoms with Crippen molar-refractivity contribution < 1.29 is 9.66 Å². The normalized spacial score (nSPS) is 10.9. The van der Waals surface area contributed by atoms with Gasteiger partial charge in [0.25, 0.3) is 5.78 Å². The lowest BCUT2D eigenvalue weighted by molar-refractivity contribution is -0.385. The zero-order valence-electron chi connectivity index (χ0n) is 12.1. The van der Waals surface area contributed by atoms with Gasteiger partial charge in [0.15, 0.2) is 16.7 Å². The molecule has 0 amide bonds. The molecule has 0 saturated heterocycles. The lowest BCUT2D eigenvalue weighted by Crippen LogP contribution is -2.04. The van der Waals surface area contributed by atoms with Crippen LogP contribution in [-0.4, -0.2) is 42.9 Å². The molecular formula is C12H11N7O3S. The van der Waals surface area contributed by atoms with Gasteiger partial charge in [0.05, 0.1) is 12.0 Å². The fraction of sp³-hybridized carbons (Fsp3) is 0.167. The fourth-order valence-electron chi connectivity index (χ4n) is 2.05. The Kier molecular flexibility index (Phi) is 3.70. The molecule has 2 N–H and O–H groups in total. The average molecular weight is 333 g/mol. The van der Waals surface area contributed by atoms with E-state index in [-0.39, 0.29) is 34.6 Å². The Hall–Kier alpha value is -2.95. The molecule has 0 bridgehead atoms. The van der Waals surface area contributed by atoms with Gasteiger partial charge in [-0.15, -0.1) is 5.10 Å². The summed E-state index contributed by atoms with van der Waals surface area (Å²) in [4.78, 5) is 23.3. The summed E-state index contributed by atoms with van der Waals surface area (Å²) < 4.78 is 6.28. The highest BCUT2D eigenvalue weighted by Crippen LogP contribution is 2.36. The highest BCUT2D eigenvalue weighted by atomic mass is 32.2. The van der Waals surface area contributed by atoms with Crippen molar-refractivity contribution in [2.24, 2.45) is 0 Å². The summed E-state index contributed by atoms with van der Waals surface area (Å²) in [5.74, 6) is 0.558. The van der Waals surface area contributed by atoms with E-state index in [2.05, 4.69) is 20.1 Å². The van der Waals surface area contributed by atoms with Crippen LogP contribution in [0, 0.1) is 10.1 Å². The Morgan fingerprint density at radius 1 is 1.35 bits per heavy atom. The highest BCUT2D eigenvalue weighted by Gasteiger charge is 2.25. The molecule has 2 aromatic heterocycles. The Morgan fingerprint density at radius 3 is 2.78 bits per heavy atom. The third kappa shape index (κ3) is 2.50. The lowest BCUT2D eigenvalue weighted by Gasteiger charge is -2.03. The standard InChI is InChI=1S/C12H11N7O3S/c1-22-7-5-3-4-6(8(7)19(20)21)9-14-11-16-12(23-2)15-10(13)18(11)17-9/h3-5H,1-2H3,(H2,13,14,15,16,17). The number of rotatable bonds is 4. The van der Waals surface area contributed by atoms with Crippen molar-refractivity contribution >= 4 is 29.2 Å². The highest BCUT2D eigenvalue weighted by molar-refractivity contribution is 7.98. The molecule has 0 unspecified atom stereocenters. The second kappa shape index (κ2) is 5.68. The van der Waals surface area contributed by atoms with Gasteiger partial charge in [0, 0.05) is 0 Å². The molecule has 0 atom stereocenters. The first-order chi connectivity index (χ1) is 11.0. The van der Waals surface area contributed by atoms with Gasteiger partial charge in [-0.25, -0.2) is 0 Å². The Labute approximate surface area is 133 Å². The van der Waals surface area contributed by atoms with E-state index in [4.69, 9.17) is 10.5 Å². The maximum Gasteiger partial charge on any atom is 0.321 e. The number of aromatic nitrogens is 5. The van der Waals surface area contributed by atoms with Gasteiger partial charge in [0.2, 0.25) is 5.95 Å². The molecule has 10 nitrogen and oxygen atoms in total. The van der Waals surface area contributed by atoms with E-state index in [1.165, 1.54) is 35.5 Å². The van der Waals surface area contributed by atoms with Crippen LogP contribution in [0.25, 0.3) is 17.2 Å². The van der Waals surface area contributed by atoms with Crippen molar-refractivity contribution in [3.05, 3.63) is 28.3 Å². The number of para-hydroxylation sites is 1. The molecule has 0 saturated carbocycles. The van der Waals surface area contributed by atoms with Crippen LogP contribution in [0.2, 0.25) is 0 Å². The third-order valence-corrected chi connectivity index (χ3v) is 3.59.